The molecule has 0 saturated carbocycles. The van der Waals surface area contributed by atoms with Crippen molar-refractivity contribution in [1.29, 1.82) is 0 Å². The van der Waals surface area contributed by atoms with Gasteiger partial charge in [0, 0.05) is 12.0 Å². The summed E-state index contributed by atoms with van der Waals surface area (Å²) in [6, 6.07) is 15.5. The van der Waals surface area contributed by atoms with E-state index in [0.717, 1.165) is 22.6 Å². The van der Waals surface area contributed by atoms with Crippen LogP contribution in [0.15, 0.2) is 48.5 Å². The number of hydrogen-bond donors (Lipinski definition) is 1. The van der Waals surface area contributed by atoms with Crippen molar-refractivity contribution in [2.45, 2.75) is 25.6 Å². The quantitative estimate of drug-likeness (QED) is 0.925. The summed E-state index contributed by atoms with van der Waals surface area (Å²) < 4.78 is 11.5. The number of fused-ring (bicyclic) bond motifs is 1. The number of hydrogen-bond acceptors (Lipinski definition) is 3. The third-order valence-electron chi connectivity index (χ3n) is 3.53. The molecule has 0 fully saturated rings. The predicted octanol–water partition coefficient (Wildman–Crippen LogP) is 3.64. The molecule has 1 aliphatic rings. The molecule has 0 bridgehead atoms. The zero-order chi connectivity index (χ0) is 13.9. The fraction of sp³-hybridized carbons (Fsp3) is 0.294. The van der Waals surface area contributed by atoms with Crippen molar-refractivity contribution < 1.29 is 14.6 Å². The van der Waals surface area contributed by atoms with Crippen molar-refractivity contribution in [3.63, 3.8) is 0 Å². The lowest BCUT2D eigenvalue weighted by molar-refractivity contribution is 0.0656. The van der Waals surface area contributed by atoms with Crippen LogP contribution in [0, 0.1) is 0 Å². The Labute approximate surface area is 118 Å². The summed E-state index contributed by atoms with van der Waals surface area (Å²) in [7, 11) is 0. The summed E-state index contributed by atoms with van der Waals surface area (Å²) >= 11 is 0. The van der Waals surface area contributed by atoms with Gasteiger partial charge in [0.2, 0.25) is 0 Å². The molecule has 2 unspecified atom stereocenters. The lowest BCUT2D eigenvalue weighted by atomic mass is 9.95. The maximum atomic E-state index is 10.3. The van der Waals surface area contributed by atoms with E-state index in [1.54, 1.807) is 0 Å². The molecule has 3 nitrogen and oxygen atoms in total. The van der Waals surface area contributed by atoms with Gasteiger partial charge in [-0.05, 0) is 30.7 Å². The highest BCUT2D eigenvalue weighted by Gasteiger charge is 2.27. The number of rotatable bonds is 3. The Morgan fingerprint density at radius 2 is 2.05 bits per heavy atom. The number of ether oxygens (including phenoxy) is 2. The lowest BCUT2D eigenvalue weighted by Gasteiger charge is -2.30. The Morgan fingerprint density at radius 1 is 1.20 bits per heavy atom. The molecule has 1 aliphatic heterocycles. The van der Waals surface area contributed by atoms with Gasteiger partial charge in [-0.25, -0.2) is 0 Å². The largest absolute Gasteiger partial charge is 0.494 e. The van der Waals surface area contributed by atoms with E-state index in [1.807, 2.05) is 55.5 Å². The van der Waals surface area contributed by atoms with Gasteiger partial charge >= 0.3 is 0 Å². The summed E-state index contributed by atoms with van der Waals surface area (Å²) in [6.07, 6.45) is -0.0620. The SMILES string of the molecule is CCOc1cccc(C2CC(O)c3ccccc3O2)c1. The fourth-order valence-corrected chi connectivity index (χ4v) is 2.57. The van der Waals surface area contributed by atoms with E-state index in [0.29, 0.717) is 13.0 Å². The van der Waals surface area contributed by atoms with Crippen LogP contribution >= 0.6 is 0 Å². The second-order valence-corrected chi connectivity index (χ2v) is 4.90. The first-order chi connectivity index (χ1) is 9.78. The fourth-order valence-electron chi connectivity index (χ4n) is 2.57. The molecule has 0 radical (unpaired) electrons. The predicted molar refractivity (Wildman–Crippen MR) is 77.0 cm³/mol. The number of benzene rings is 2. The normalized spacial score (nSPS) is 20.9. The van der Waals surface area contributed by atoms with Crippen molar-refractivity contribution in [1.82, 2.24) is 0 Å². The van der Waals surface area contributed by atoms with Crippen molar-refractivity contribution in [3.05, 3.63) is 59.7 Å². The molecule has 0 aliphatic carbocycles. The third-order valence-corrected chi connectivity index (χ3v) is 3.53. The van der Waals surface area contributed by atoms with Crippen LogP contribution in [-0.4, -0.2) is 11.7 Å². The van der Waals surface area contributed by atoms with Crippen LogP contribution in [0.2, 0.25) is 0 Å². The number of aliphatic hydroxyl groups is 1. The highest BCUT2D eigenvalue weighted by Crippen LogP contribution is 2.40. The van der Waals surface area contributed by atoms with Crippen LogP contribution in [0.25, 0.3) is 0 Å². The molecule has 0 spiro atoms. The first-order valence-corrected chi connectivity index (χ1v) is 6.94. The van der Waals surface area contributed by atoms with Crippen molar-refractivity contribution >= 4 is 0 Å². The molecular weight excluding hydrogens is 252 g/mol. The standard InChI is InChI=1S/C17H18O3/c1-2-19-13-7-5-6-12(10-13)17-11-15(18)14-8-3-4-9-16(14)20-17/h3-10,15,17-18H,2,11H2,1H3. The molecule has 0 amide bonds. The second kappa shape index (κ2) is 5.55. The van der Waals surface area contributed by atoms with Crippen molar-refractivity contribution in [3.8, 4) is 11.5 Å². The van der Waals surface area contributed by atoms with Gasteiger partial charge in [0.15, 0.2) is 0 Å². The number of para-hydroxylation sites is 1. The topological polar surface area (TPSA) is 38.7 Å². The molecule has 0 aromatic heterocycles. The average molecular weight is 270 g/mol. The van der Waals surface area contributed by atoms with Crippen molar-refractivity contribution in [2.75, 3.05) is 6.61 Å². The van der Waals surface area contributed by atoms with Gasteiger partial charge in [0.05, 0.1) is 12.7 Å². The maximum absolute atomic E-state index is 10.3. The minimum absolute atomic E-state index is 0.139. The average Bonchev–Trinajstić information content (AvgIpc) is 2.48. The van der Waals surface area contributed by atoms with Crippen LogP contribution in [0.1, 0.15) is 36.7 Å². The van der Waals surface area contributed by atoms with Crippen molar-refractivity contribution in [2.24, 2.45) is 0 Å². The first kappa shape index (κ1) is 13.0. The smallest absolute Gasteiger partial charge is 0.127 e. The Balaban J connectivity index is 1.87. The summed E-state index contributed by atoms with van der Waals surface area (Å²) in [6.45, 7) is 2.60. The molecule has 2 aromatic rings. The molecular formula is C17H18O3. The van der Waals surface area contributed by atoms with E-state index in [1.165, 1.54) is 0 Å². The lowest BCUT2D eigenvalue weighted by Crippen LogP contribution is -2.18. The summed E-state index contributed by atoms with van der Waals surface area (Å²) in [5.74, 6) is 1.60. The van der Waals surface area contributed by atoms with E-state index in [-0.39, 0.29) is 6.10 Å². The Bertz CT molecular complexity index is 594. The number of aliphatic hydroxyl groups excluding tert-OH is 1. The van der Waals surface area contributed by atoms with Crippen LogP contribution in [-0.2, 0) is 0 Å². The van der Waals surface area contributed by atoms with Gasteiger partial charge in [-0.2, -0.15) is 0 Å². The van der Waals surface area contributed by atoms with Crippen LogP contribution in [0.3, 0.4) is 0 Å². The molecule has 2 aromatic carbocycles. The van der Waals surface area contributed by atoms with E-state index in [2.05, 4.69) is 0 Å². The molecule has 3 rings (SSSR count). The van der Waals surface area contributed by atoms with Gasteiger partial charge in [-0.3, -0.25) is 0 Å². The molecule has 3 heteroatoms. The second-order valence-electron chi connectivity index (χ2n) is 4.90. The monoisotopic (exact) mass is 270 g/mol. The first-order valence-electron chi connectivity index (χ1n) is 6.94. The van der Waals surface area contributed by atoms with Crippen LogP contribution in [0.5, 0.6) is 11.5 Å². The van der Waals surface area contributed by atoms with E-state index in [4.69, 9.17) is 9.47 Å². The molecule has 20 heavy (non-hydrogen) atoms. The van der Waals surface area contributed by atoms with E-state index in [9.17, 15) is 5.11 Å². The maximum Gasteiger partial charge on any atom is 0.127 e. The van der Waals surface area contributed by atoms with Crippen LogP contribution < -0.4 is 9.47 Å². The minimum Gasteiger partial charge on any atom is -0.494 e. The van der Waals surface area contributed by atoms with E-state index < -0.39 is 6.10 Å². The molecule has 104 valence electrons. The van der Waals surface area contributed by atoms with E-state index >= 15 is 0 Å². The van der Waals surface area contributed by atoms with Gasteiger partial charge in [0.1, 0.15) is 17.6 Å². The van der Waals surface area contributed by atoms with Gasteiger partial charge < -0.3 is 14.6 Å². The molecule has 2 atom stereocenters. The summed E-state index contributed by atoms with van der Waals surface area (Å²) in [5, 5.41) is 10.3. The highest BCUT2D eigenvalue weighted by molar-refractivity contribution is 5.39. The van der Waals surface area contributed by atoms with Gasteiger partial charge in [0.25, 0.3) is 0 Å². The zero-order valence-electron chi connectivity index (χ0n) is 11.5. The molecule has 1 heterocycles. The van der Waals surface area contributed by atoms with Crippen LogP contribution in [0.4, 0.5) is 0 Å². The zero-order valence-corrected chi connectivity index (χ0v) is 11.5. The Morgan fingerprint density at radius 3 is 2.90 bits per heavy atom. The molecule has 0 saturated heterocycles. The minimum atomic E-state index is -0.485. The molecule has 1 N–H and O–H groups in total. The Kier molecular flexibility index (Phi) is 3.61. The highest BCUT2D eigenvalue weighted by atomic mass is 16.5. The van der Waals surface area contributed by atoms with Gasteiger partial charge in [-0.1, -0.05) is 30.3 Å². The third kappa shape index (κ3) is 2.49. The summed E-state index contributed by atoms with van der Waals surface area (Å²) in [5.41, 5.74) is 1.90. The Hall–Kier alpha value is -2.00. The van der Waals surface area contributed by atoms with Gasteiger partial charge in [-0.15, -0.1) is 0 Å². The summed E-state index contributed by atoms with van der Waals surface area (Å²) in [4.78, 5) is 0.